The van der Waals surface area contributed by atoms with E-state index in [1.54, 1.807) is 0 Å². The van der Waals surface area contributed by atoms with Crippen LogP contribution in [-0.4, -0.2) is 43.1 Å². The second-order valence-corrected chi connectivity index (χ2v) is 8.68. The minimum absolute atomic E-state index is 0.0295. The van der Waals surface area contributed by atoms with E-state index >= 15 is 0 Å². The average Bonchev–Trinajstić information content (AvgIpc) is 2.70. The number of carbonyl (C=O) groups is 1. The maximum absolute atomic E-state index is 12.3. The summed E-state index contributed by atoms with van der Waals surface area (Å²) in [7, 11) is 4.31. The number of hydrogen-bond acceptors (Lipinski definition) is 3. The van der Waals surface area contributed by atoms with Crippen molar-refractivity contribution in [3.63, 3.8) is 0 Å². The lowest BCUT2D eigenvalue weighted by Gasteiger charge is -2.45. The third-order valence-corrected chi connectivity index (χ3v) is 6.23. The van der Waals surface area contributed by atoms with E-state index in [-0.39, 0.29) is 24.1 Å². The van der Waals surface area contributed by atoms with Gasteiger partial charge in [-0.2, -0.15) is 0 Å². The molecule has 1 N–H and O–H groups in total. The van der Waals surface area contributed by atoms with Crippen molar-refractivity contribution in [2.45, 2.75) is 50.3 Å². The van der Waals surface area contributed by atoms with Crippen LogP contribution >= 0.6 is 11.6 Å². The van der Waals surface area contributed by atoms with Gasteiger partial charge in [0.2, 0.25) is 5.91 Å². The molecule has 0 atom stereocenters. The summed E-state index contributed by atoms with van der Waals surface area (Å²) in [6.07, 6.45) is 5.01. The molecule has 2 aromatic rings. The number of rotatable bonds is 8. The molecule has 0 heterocycles. The van der Waals surface area contributed by atoms with Gasteiger partial charge < -0.3 is 15.0 Å². The molecule has 3 rings (SSSR count). The van der Waals surface area contributed by atoms with Gasteiger partial charge in [0.1, 0.15) is 6.61 Å². The molecule has 0 saturated heterocycles. The van der Waals surface area contributed by atoms with Gasteiger partial charge >= 0.3 is 0 Å². The molecule has 1 saturated carbocycles. The number of hydrogen-bond donors (Lipinski definition) is 1. The van der Waals surface area contributed by atoms with E-state index in [1.165, 1.54) is 5.56 Å². The van der Waals surface area contributed by atoms with Gasteiger partial charge in [-0.25, -0.2) is 0 Å². The summed E-state index contributed by atoms with van der Waals surface area (Å²) in [5.41, 5.74) is 2.45. The third-order valence-electron chi connectivity index (χ3n) is 6.00. The van der Waals surface area contributed by atoms with Crippen LogP contribution in [0, 0.1) is 0 Å². The molecule has 0 aliphatic heterocycles. The molecule has 4 nitrogen and oxygen atoms in total. The van der Waals surface area contributed by atoms with E-state index in [1.807, 2.05) is 42.5 Å². The molecule has 0 aromatic heterocycles. The minimum atomic E-state index is -0.0295. The molecule has 156 valence electrons. The van der Waals surface area contributed by atoms with E-state index in [9.17, 15) is 4.79 Å². The Kier molecular flexibility index (Phi) is 7.70. The topological polar surface area (TPSA) is 41.6 Å². The SMILES string of the molecule is CN(C)C1(Cc2cccc(Cl)c2)CCC(NC(=O)COCc2ccccc2)CC1. The lowest BCUT2D eigenvalue weighted by atomic mass is 9.75. The summed E-state index contributed by atoms with van der Waals surface area (Å²) in [5, 5.41) is 3.94. The average molecular weight is 415 g/mol. The van der Waals surface area contributed by atoms with Crippen molar-refractivity contribution >= 4 is 17.5 Å². The fourth-order valence-corrected chi connectivity index (χ4v) is 4.43. The molecule has 1 aliphatic rings. The molecule has 5 heteroatoms. The van der Waals surface area contributed by atoms with E-state index in [0.717, 1.165) is 42.7 Å². The van der Waals surface area contributed by atoms with Crippen LogP contribution in [-0.2, 0) is 22.6 Å². The quantitative estimate of drug-likeness (QED) is 0.693. The molecule has 1 amide bonds. The predicted octanol–water partition coefficient (Wildman–Crippen LogP) is 4.46. The van der Waals surface area contributed by atoms with Crippen LogP contribution in [0.5, 0.6) is 0 Å². The van der Waals surface area contributed by atoms with Crippen LogP contribution in [0.1, 0.15) is 36.8 Å². The Morgan fingerprint density at radius 3 is 2.45 bits per heavy atom. The number of benzene rings is 2. The Hall–Kier alpha value is -1.88. The number of halogens is 1. The Morgan fingerprint density at radius 1 is 1.10 bits per heavy atom. The second-order valence-electron chi connectivity index (χ2n) is 8.25. The van der Waals surface area contributed by atoms with Crippen molar-refractivity contribution in [2.24, 2.45) is 0 Å². The summed E-state index contributed by atoms with van der Waals surface area (Å²) >= 11 is 6.18. The normalized spacial score (nSPS) is 21.9. The predicted molar refractivity (Wildman–Crippen MR) is 118 cm³/mol. The Bertz CT molecular complexity index is 786. The van der Waals surface area contributed by atoms with Gasteiger partial charge in [0.05, 0.1) is 6.61 Å². The zero-order valence-electron chi connectivity index (χ0n) is 17.4. The molecule has 0 radical (unpaired) electrons. The van der Waals surface area contributed by atoms with Gasteiger partial charge in [-0.15, -0.1) is 0 Å². The summed E-state index contributed by atoms with van der Waals surface area (Å²) in [6, 6.07) is 18.3. The summed E-state index contributed by atoms with van der Waals surface area (Å²) < 4.78 is 5.56. The standard InChI is InChI=1S/C24H31ClN2O2/c1-27(2)24(16-20-9-6-10-21(25)15-20)13-11-22(12-14-24)26-23(28)18-29-17-19-7-4-3-5-8-19/h3-10,15,22H,11-14,16-18H2,1-2H3,(H,26,28). The van der Waals surface area contributed by atoms with Crippen molar-refractivity contribution in [1.82, 2.24) is 10.2 Å². The highest BCUT2D eigenvalue weighted by Crippen LogP contribution is 2.35. The number of nitrogens with one attached hydrogen (secondary N) is 1. The maximum atomic E-state index is 12.3. The molecule has 0 unspecified atom stereocenters. The Balaban J connectivity index is 1.47. The second kappa shape index (κ2) is 10.2. The molecule has 2 aromatic carbocycles. The van der Waals surface area contributed by atoms with Crippen molar-refractivity contribution in [3.05, 3.63) is 70.7 Å². The first kappa shape index (κ1) is 21.8. The van der Waals surface area contributed by atoms with Crippen molar-refractivity contribution < 1.29 is 9.53 Å². The largest absolute Gasteiger partial charge is 0.367 e. The van der Waals surface area contributed by atoms with Gasteiger partial charge in [0.15, 0.2) is 0 Å². The molecule has 1 fully saturated rings. The van der Waals surface area contributed by atoms with Gasteiger partial charge in [-0.05, 0) is 69.5 Å². The van der Waals surface area contributed by atoms with Crippen LogP contribution in [0.2, 0.25) is 5.02 Å². The number of likely N-dealkylation sites (N-methyl/N-ethyl adjacent to an activating group) is 1. The molecule has 29 heavy (non-hydrogen) atoms. The summed E-state index contributed by atoms with van der Waals surface area (Å²) in [5.74, 6) is -0.0295. The van der Waals surface area contributed by atoms with Gasteiger partial charge in [0, 0.05) is 16.6 Å². The first-order valence-electron chi connectivity index (χ1n) is 10.3. The number of ether oxygens (including phenoxy) is 1. The summed E-state index contributed by atoms with van der Waals surface area (Å²) in [4.78, 5) is 14.6. The van der Waals surface area contributed by atoms with Crippen molar-refractivity contribution in [1.29, 1.82) is 0 Å². The maximum Gasteiger partial charge on any atom is 0.246 e. The lowest BCUT2D eigenvalue weighted by molar-refractivity contribution is -0.127. The van der Waals surface area contributed by atoms with Crippen LogP contribution in [0.15, 0.2) is 54.6 Å². The van der Waals surface area contributed by atoms with Gasteiger partial charge in [-0.3, -0.25) is 4.79 Å². The summed E-state index contributed by atoms with van der Waals surface area (Å²) in [6.45, 7) is 0.565. The number of nitrogens with zero attached hydrogens (tertiary/aromatic N) is 1. The van der Waals surface area contributed by atoms with E-state index in [4.69, 9.17) is 16.3 Å². The van der Waals surface area contributed by atoms with Crippen molar-refractivity contribution in [3.8, 4) is 0 Å². The highest BCUT2D eigenvalue weighted by molar-refractivity contribution is 6.30. The fourth-order valence-electron chi connectivity index (χ4n) is 4.21. The van der Waals surface area contributed by atoms with Crippen LogP contribution in [0.25, 0.3) is 0 Å². The van der Waals surface area contributed by atoms with Crippen molar-refractivity contribution in [2.75, 3.05) is 20.7 Å². The zero-order valence-corrected chi connectivity index (χ0v) is 18.1. The number of carbonyl (C=O) groups excluding carboxylic acids is 1. The fraction of sp³-hybridized carbons (Fsp3) is 0.458. The van der Waals surface area contributed by atoms with Gasteiger partial charge in [-0.1, -0.05) is 54.1 Å². The van der Waals surface area contributed by atoms with Crippen LogP contribution in [0.3, 0.4) is 0 Å². The van der Waals surface area contributed by atoms with E-state index in [0.29, 0.717) is 6.61 Å². The van der Waals surface area contributed by atoms with E-state index in [2.05, 4.69) is 36.4 Å². The highest BCUT2D eigenvalue weighted by atomic mass is 35.5. The molecule has 0 bridgehead atoms. The molecular formula is C24H31ClN2O2. The van der Waals surface area contributed by atoms with E-state index < -0.39 is 0 Å². The Morgan fingerprint density at radius 2 is 1.79 bits per heavy atom. The molecule has 1 aliphatic carbocycles. The molecular weight excluding hydrogens is 384 g/mol. The smallest absolute Gasteiger partial charge is 0.246 e. The Labute approximate surface area is 179 Å². The molecule has 0 spiro atoms. The van der Waals surface area contributed by atoms with Gasteiger partial charge in [0.25, 0.3) is 0 Å². The first-order valence-corrected chi connectivity index (χ1v) is 10.7. The highest BCUT2D eigenvalue weighted by Gasteiger charge is 2.37. The third kappa shape index (κ3) is 6.30. The zero-order chi connectivity index (χ0) is 20.7. The van der Waals surface area contributed by atoms with Crippen LogP contribution < -0.4 is 5.32 Å². The monoisotopic (exact) mass is 414 g/mol. The lowest BCUT2D eigenvalue weighted by Crippen LogP contribution is -2.52. The number of amides is 1. The first-order chi connectivity index (χ1) is 14.0. The minimum Gasteiger partial charge on any atom is -0.367 e. The van der Waals surface area contributed by atoms with Crippen LogP contribution in [0.4, 0.5) is 0 Å².